The summed E-state index contributed by atoms with van der Waals surface area (Å²) in [5, 5.41) is 3.92. The first-order valence-corrected chi connectivity index (χ1v) is 6.50. The number of rotatable bonds is 3. The lowest BCUT2D eigenvalue weighted by molar-refractivity contribution is 0.222. The minimum absolute atomic E-state index is 0.0399. The van der Waals surface area contributed by atoms with Crippen LogP contribution in [0.2, 0.25) is 5.02 Å². The molecule has 0 unspecified atom stereocenters. The highest BCUT2D eigenvalue weighted by molar-refractivity contribution is 6.31. The van der Waals surface area contributed by atoms with Crippen molar-refractivity contribution in [3.05, 3.63) is 34.9 Å². The highest BCUT2D eigenvalue weighted by Gasteiger charge is 2.34. The molecule has 6 heteroatoms. The van der Waals surface area contributed by atoms with Crippen LogP contribution in [0.1, 0.15) is 25.2 Å². The van der Waals surface area contributed by atoms with Gasteiger partial charge in [-0.15, -0.1) is 0 Å². The summed E-state index contributed by atoms with van der Waals surface area (Å²) in [6, 6.07) is 4.33. The molecule has 1 aromatic carbocycles. The second-order valence-corrected chi connectivity index (χ2v) is 5.44. The molecule has 0 aliphatic heterocycles. The van der Waals surface area contributed by atoms with E-state index in [2.05, 4.69) is 10.1 Å². The highest BCUT2D eigenvalue weighted by atomic mass is 35.5. The molecule has 100 valence electrons. The molecule has 2 aromatic rings. The van der Waals surface area contributed by atoms with Gasteiger partial charge in [-0.05, 0) is 37.5 Å². The maximum Gasteiger partial charge on any atom is 0.228 e. The number of nitrogens with two attached hydrogens (primary N) is 1. The van der Waals surface area contributed by atoms with Crippen molar-refractivity contribution < 1.29 is 8.91 Å². The average Bonchev–Trinajstić information content (AvgIpc) is 2.79. The van der Waals surface area contributed by atoms with Gasteiger partial charge in [0.2, 0.25) is 11.7 Å². The Bertz CT molecular complexity index is 610. The Morgan fingerprint density at radius 2 is 2.21 bits per heavy atom. The van der Waals surface area contributed by atoms with Crippen LogP contribution in [0.25, 0.3) is 11.4 Å². The molecular formula is C13H13ClFN3O. The van der Waals surface area contributed by atoms with Crippen molar-refractivity contribution >= 4 is 11.6 Å². The van der Waals surface area contributed by atoms with Crippen molar-refractivity contribution in [2.24, 2.45) is 5.73 Å². The zero-order chi connectivity index (χ0) is 13.5. The van der Waals surface area contributed by atoms with Crippen LogP contribution in [0, 0.1) is 5.82 Å². The molecule has 2 N–H and O–H groups in total. The van der Waals surface area contributed by atoms with E-state index in [1.54, 1.807) is 6.07 Å². The van der Waals surface area contributed by atoms with Crippen molar-refractivity contribution in [1.82, 2.24) is 10.1 Å². The van der Waals surface area contributed by atoms with Gasteiger partial charge in [-0.3, -0.25) is 0 Å². The van der Waals surface area contributed by atoms with E-state index >= 15 is 0 Å². The first-order chi connectivity index (χ1) is 9.06. The SMILES string of the molecule is NC1(Cc2nc(-c3ccc(F)c(Cl)c3)no2)CCC1. The molecule has 1 aliphatic carbocycles. The summed E-state index contributed by atoms with van der Waals surface area (Å²) in [4.78, 5) is 4.28. The van der Waals surface area contributed by atoms with Gasteiger partial charge in [0, 0.05) is 17.5 Å². The van der Waals surface area contributed by atoms with E-state index in [4.69, 9.17) is 21.9 Å². The van der Waals surface area contributed by atoms with E-state index in [0.29, 0.717) is 23.7 Å². The van der Waals surface area contributed by atoms with Crippen molar-refractivity contribution in [2.45, 2.75) is 31.2 Å². The standard InChI is InChI=1S/C13H13ClFN3O/c14-9-6-8(2-3-10(9)15)12-17-11(19-18-12)7-13(16)4-1-5-13/h2-3,6H,1,4-5,7,16H2. The van der Waals surface area contributed by atoms with Gasteiger partial charge in [0.15, 0.2) is 0 Å². The fourth-order valence-corrected chi connectivity index (χ4v) is 2.37. The highest BCUT2D eigenvalue weighted by Crippen LogP contribution is 2.32. The Labute approximate surface area is 114 Å². The van der Waals surface area contributed by atoms with Gasteiger partial charge in [0.1, 0.15) is 5.82 Å². The largest absolute Gasteiger partial charge is 0.339 e. The molecule has 19 heavy (non-hydrogen) atoms. The zero-order valence-corrected chi connectivity index (χ0v) is 11.0. The van der Waals surface area contributed by atoms with Crippen molar-refractivity contribution in [3.8, 4) is 11.4 Å². The zero-order valence-electron chi connectivity index (χ0n) is 10.2. The van der Waals surface area contributed by atoms with E-state index in [0.717, 1.165) is 19.3 Å². The number of halogens is 2. The van der Waals surface area contributed by atoms with E-state index in [1.807, 2.05) is 0 Å². The van der Waals surface area contributed by atoms with Crippen LogP contribution in [0.3, 0.4) is 0 Å². The Morgan fingerprint density at radius 1 is 1.42 bits per heavy atom. The van der Waals surface area contributed by atoms with Crippen LogP contribution in [-0.2, 0) is 6.42 Å². The molecule has 0 amide bonds. The number of aromatic nitrogens is 2. The first kappa shape index (κ1) is 12.6. The number of benzene rings is 1. The first-order valence-electron chi connectivity index (χ1n) is 6.13. The lowest BCUT2D eigenvalue weighted by Crippen LogP contribution is -2.48. The Balaban J connectivity index is 1.82. The third-order valence-electron chi connectivity index (χ3n) is 3.50. The van der Waals surface area contributed by atoms with Crippen LogP contribution < -0.4 is 5.73 Å². The van der Waals surface area contributed by atoms with Crippen molar-refractivity contribution in [1.29, 1.82) is 0 Å². The number of hydrogen-bond acceptors (Lipinski definition) is 4. The van der Waals surface area contributed by atoms with Crippen LogP contribution in [0.15, 0.2) is 22.7 Å². The molecule has 1 fully saturated rings. The van der Waals surface area contributed by atoms with E-state index in [1.165, 1.54) is 12.1 Å². The lowest BCUT2D eigenvalue weighted by atomic mass is 9.75. The average molecular weight is 282 g/mol. The summed E-state index contributed by atoms with van der Waals surface area (Å²) >= 11 is 5.73. The minimum Gasteiger partial charge on any atom is -0.339 e. The number of nitrogens with zero attached hydrogens (tertiary/aromatic N) is 2. The molecule has 3 rings (SSSR count). The Morgan fingerprint density at radius 3 is 2.84 bits per heavy atom. The van der Waals surface area contributed by atoms with E-state index in [9.17, 15) is 4.39 Å². The maximum absolute atomic E-state index is 13.1. The second kappa shape index (κ2) is 4.58. The lowest BCUT2D eigenvalue weighted by Gasteiger charge is -2.36. The molecule has 0 saturated heterocycles. The molecule has 1 heterocycles. The summed E-state index contributed by atoms with van der Waals surface area (Å²) < 4.78 is 18.3. The van der Waals surface area contributed by atoms with Gasteiger partial charge in [0.05, 0.1) is 5.02 Å². The molecule has 0 bridgehead atoms. The van der Waals surface area contributed by atoms with Crippen LogP contribution in [0.4, 0.5) is 4.39 Å². The van der Waals surface area contributed by atoms with Gasteiger partial charge in [-0.25, -0.2) is 4.39 Å². The predicted molar refractivity (Wildman–Crippen MR) is 69.2 cm³/mol. The monoisotopic (exact) mass is 281 g/mol. The number of hydrogen-bond donors (Lipinski definition) is 1. The summed E-state index contributed by atoms with van der Waals surface area (Å²) in [5.41, 5.74) is 6.55. The molecule has 1 aliphatic rings. The second-order valence-electron chi connectivity index (χ2n) is 5.03. The van der Waals surface area contributed by atoms with E-state index < -0.39 is 5.82 Å². The van der Waals surface area contributed by atoms with Gasteiger partial charge in [-0.1, -0.05) is 16.8 Å². The van der Waals surface area contributed by atoms with E-state index in [-0.39, 0.29) is 10.6 Å². The quantitative estimate of drug-likeness (QED) is 0.939. The van der Waals surface area contributed by atoms with Gasteiger partial charge in [-0.2, -0.15) is 4.98 Å². The molecule has 1 aromatic heterocycles. The predicted octanol–water partition coefficient (Wildman–Crippen LogP) is 2.95. The van der Waals surface area contributed by atoms with Crippen LogP contribution in [-0.4, -0.2) is 15.7 Å². The molecule has 0 radical (unpaired) electrons. The molecule has 1 saturated carbocycles. The molecular weight excluding hydrogens is 269 g/mol. The summed E-state index contributed by atoms with van der Waals surface area (Å²) in [6.45, 7) is 0. The van der Waals surface area contributed by atoms with Gasteiger partial charge < -0.3 is 10.3 Å². The third-order valence-corrected chi connectivity index (χ3v) is 3.79. The van der Waals surface area contributed by atoms with Crippen molar-refractivity contribution in [3.63, 3.8) is 0 Å². The maximum atomic E-state index is 13.1. The summed E-state index contributed by atoms with van der Waals surface area (Å²) in [7, 11) is 0. The van der Waals surface area contributed by atoms with Crippen LogP contribution in [0.5, 0.6) is 0 Å². The van der Waals surface area contributed by atoms with Crippen molar-refractivity contribution in [2.75, 3.05) is 0 Å². The summed E-state index contributed by atoms with van der Waals surface area (Å²) in [6.07, 6.45) is 3.68. The normalized spacial score (nSPS) is 17.2. The smallest absolute Gasteiger partial charge is 0.228 e. The van der Waals surface area contributed by atoms with Crippen LogP contribution >= 0.6 is 11.6 Å². The molecule has 4 nitrogen and oxygen atoms in total. The van der Waals surface area contributed by atoms with Gasteiger partial charge in [0.25, 0.3) is 0 Å². The summed E-state index contributed by atoms with van der Waals surface area (Å²) in [5.74, 6) is 0.446. The fraction of sp³-hybridized carbons (Fsp3) is 0.385. The third kappa shape index (κ3) is 2.48. The Kier molecular flexibility index (Phi) is 3.03. The fourth-order valence-electron chi connectivity index (χ4n) is 2.19. The van der Waals surface area contributed by atoms with Gasteiger partial charge >= 0.3 is 0 Å². The Hall–Kier alpha value is -1.46. The topological polar surface area (TPSA) is 64.9 Å². The minimum atomic E-state index is -0.468. The molecule has 0 atom stereocenters. The molecule has 0 spiro atoms.